The Morgan fingerprint density at radius 2 is 1.87 bits per heavy atom. The molecule has 0 saturated carbocycles. The molecular weight excluding hydrogens is 188 g/mol. The van der Waals surface area contributed by atoms with E-state index in [-0.39, 0.29) is 0 Å². The fourth-order valence-electron chi connectivity index (χ4n) is 1.55. The Balaban J connectivity index is 2.22. The van der Waals surface area contributed by atoms with Crippen LogP contribution in [0.25, 0.3) is 22.4 Å². The summed E-state index contributed by atoms with van der Waals surface area (Å²) in [6.45, 7) is 0. The highest BCUT2D eigenvalue weighted by atomic mass is 16.5. The van der Waals surface area contributed by atoms with E-state index in [0.717, 1.165) is 16.6 Å². The number of para-hydroxylation sites is 1. The first-order chi connectivity index (χ1) is 7.43. The van der Waals surface area contributed by atoms with Crippen molar-refractivity contribution in [3.63, 3.8) is 0 Å². The van der Waals surface area contributed by atoms with Gasteiger partial charge in [0.1, 0.15) is 5.69 Å². The third-order valence-electron chi connectivity index (χ3n) is 2.29. The number of hydrogen-bond donors (Lipinski definition) is 0. The maximum atomic E-state index is 5.06. The number of pyridine rings is 1. The van der Waals surface area contributed by atoms with E-state index in [2.05, 4.69) is 10.1 Å². The van der Waals surface area contributed by atoms with Gasteiger partial charge >= 0.3 is 0 Å². The molecule has 72 valence electrons. The first-order valence-corrected chi connectivity index (χ1v) is 4.70. The van der Waals surface area contributed by atoms with Gasteiger partial charge in [-0.3, -0.25) is 0 Å². The molecule has 0 amide bonds. The molecule has 0 aliphatic rings. The van der Waals surface area contributed by atoms with Gasteiger partial charge in [-0.1, -0.05) is 29.4 Å². The lowest BCUT2D eigenvalue weighted by Gasteiger charge is -1.98. The smallest absolute Gasteiger partial charge is 0.185 e. The second-order valence-corrected chi connectivity index (χ2v) is 3.27. The first kappa shape index (κ1) is 8.17. The number of benzene rings is 1. The predicted molar refractivity (Wildman–Crippen MR) is 57.2 cm³/mol. The zero-order valence-corrected chi connectivity index (χ0v) is 7.92. The molecule has 3 heteroatoms. The summed E-state index contributed by atoms with van der Waals surface area (Å²) in [6.07, 6.45) is 1.62. The van der Waals surface area contributed by atoms with Crippen LogP contribution >= 0.6 is 0 Å². The van der Waals surface area contributed by atoms with Crippen LogP contribution in [0.4, 0.5) is 0 Å². The lowest BCUT2D eigenvalue weighted by molar-refractivity contribution is 0.431. The SMILES string of the molecule is c1ccc2nc(-c3ccno3)ccc2c1. The summed E-state index contributed by atoms with van der Waals surface area (Å²) < 4.78 is 5.06. The van der Waals surface area contributed by atoms with E-state index in [4.69, 9.17) is 4.52 Å². The van der Waals surface area contributed by atoms with E-state index < -0.39 is 0 Å². The molecule has 0 aliphatic heterocycles. The zero-order chi connectivity index (χ0) is 10.1. The molecule has 2 aromatic heterocycles. The van der Waals surface area contributed by atoms with E-state index in [1.807, 2.05) is 36.4 Å². The molecule has 3 aromatic rings. The molecule has 0 radical (unpaired) electrons. The fraction of sp³-hybridized carbons (Fsp3) is 0. The van der Waals surface area contributed by atoms with Crippen LogP contribution in [0.15, 0.2) is 53.2 Å². The third kappa shape index (κ3) is 1.38. The maximum Gasteiger partial charge on any atom is 0.185 e. The molecule has 0 saturated heterocycles. The topological polar surface area (TPSA) is 38.9 Å². The Kier molecular flexibility index (Phi) is 1.75. The van der Waals surface area contributed by atoms with Gasteiger partial charge < -0.3 is 4.52 Å². The van der Waals surface area contributed by atoms with Crippen LogP contribution in [-0.2, 0) is 0 Å². The van der Waals surface area contributed by atoms with Crippen molar-refractivity contribution in [2.75, 3.05) is 0 Å². The monoisotopic (exact) mass is 196 g/mol. The van der Waals surface area contributed by atoms with Crippen molar-refractivity contribution in [1.82, 2.24) is 10.1 Å². The first-order valence-electron chi connectivity index (χ1n) is 4.70. The zero-order valence-electron chi connectivity index (χ0n) is 7.92. The van der Waals surface area contributed by atoms with Gasteiger partial charge in [-0.25, -0.2) is 4.98 Å². The van der Waals surface area contributed by atoms with Crippen LogP contribution in [0.1, 0.15) is 0 Å². The van der Waals surface area contributed by atoms with Crippen molar-refractivity contribution in [3.05, 3.63) is 48.7 Å². The summed E-state index contributed by atoms with van der Waals surface area (Å²) in [5.41, 5.74) is 1.78. The summed E-state index contributed by atoms with van der Waals surface area (Å²) in [6, 6.07) is 13.7. The molecule has 0 N–H and O–H groups in total. The normalized spacial score (nSPS) is 10.7. The highest BCUT2D eigenvalue weighted by Gasteiger charge is 2.03. The average Bonchev–Trinajstić information content (AvgIpc) is 2.82. The van der Waals surface area contributed by atoms with E-state index in [0.29, 0.717) is 5.76 Å². The second-order valence-electron chi connectivity index (χ2n) is 3.27. The number of hydrogen-bond acceptors (Lipinski definition) is 3. The van der Waals surface area contributed by atoms with Crippen molar-refractivity contribution in [2.24, 2.45) is 0 Å². The van der Waals surface area contributed by atoms with Gasteiger partial charge in [-0.2, -0.15) is 0 Å². The largest absolute Gasteiger partial charge is 0.355 e. The highest BCUT2D eigenvalue weighted by molar-refractivity contribution is 5.80. The van der Waals surface area contributed by atoms with Crippen molar-refractivity contribution in [1.29, 1.82) is 0 Å². The van der Waals surface area contributed by atoms with Crippen LogP contribution < -0.4 is 0 Å². The number of rotatable bonds is 1. The number of nitrogens with zero attached hydrogens (tertiary/aromatic N) is 2. The minimum atomic E-state index is 0.695. The lowest BCUT2D eigenvalue weighted by atomic mass is 10.2. The van der Waals surface area contributed by atoms with Gasteiger partial charge in [0, 0.05) is 11.5 Å². The average molecular weight is 196 g/mol. The molecule has 3 rings (SSSR count). The number of fused-ring (bicyclic) bond motifs is 1. The van der Waals surface area contributed by atoms with Crippen molar-refractivity contribution < 1.29 is 4.52 Å². The summed E-state index contributed by atoms with van der Waals surface area (Å²) in [5.74, 6) is 0.695. The summed E-state index contributed by atoms with van der Waals surface area (Å²) in [7, 11) is 0. The fourth-order valence-corrected chi connectivity index (χ4v) is 1.55. The van der Waals surface area contributed by atoms with E-state index >= 15 is 0 Å². The molecule has 2 heterocycles. The minimum absolute atomic E-state index is 0.695. The minimum Gasteiger partial charge on any atom is -0.355 e. The Bertz CT molecular complexity index is 587. The Morgan fingerprint density at radius 3 is 2.73 bits per heavy atom. The predicted octanol–water partition coefficient (Wildman–Crippen LogP) is 2.89. The van der Waals surface area contributed by atoms with Crippen molar-refractivity contribution >= 4 is 10.9 Å². The van der Waals surface area contributed by atoms with E-state index in [1.165, 1.54) is 0 Å². The molecule has 0 aliphatic carbocycles. The molecular formula is C12H8N2O. The Labute approximate surface area is 86.4 Å². The molecule has 3 nitrogen and oxygen atoms in total. The molecule has 0 unspecified atom stereocenters. The van der Waals surface area contributed by atoms with Gasteiger partial charge in [0.15, 0.2) is 5.76 Å². The Morgan fingerprint density at radius 1 is 0.933 bits per heavy atom. The molecule has 0 atom stereocenters. The third-order valence-corrected chi connectivity index (χ3v) is 2.29. The van der Waals surface area contributed by atoms with Gasteiger partial charge in [-0.05, 0) is 12.1 Å². The van der Waals surface area contributed by atoms with Crippen LogP contribution in [0.2, 0.25) is 0 Å². The van der Waals surface area contributed by atoms with Gasteiger partial charge in [0.05, 0.1) is 11.7 Å². The summed E-state index contributed by atoms with van der Waals surface area (Å²) in [5, 5.41) is 4.79. The molecule has 15 heavy (non-hydrogen) atoms. The van der Waals surface area contributed by atoms with Crippen molar-refractivity contribution in [2.45, 2.75) is 0 Å². The Hall–Kier alpha value is -2.16. The standard InChI is InChI=1S/C12H8N2O/c1-2-4-10-9(3-1)5-6-11(14-10)12-7-8-13-15-12/h1-8H. The summed E-state index contributed by atoms with van der Waals surface area (Å²) in [4.78, 5) is 4.48. The maximum absolute atomic E-state index is 5.06. The van der Waals surface area contributed by atoms with Crippen LogP contribution in [0.3, 0.4) is 0 Å². The van der Waals surface area contributed by atoms with Crippen LogP contribution in [-0.4, -0.2) is 10.1 Å². The van der Waals surface area contributed by atoms with E-state index in [1.54, 1.807) is 12.3 Å². The highest BCUT2D eigenvalue weighted by Crippen LogP contribution is 2.19. The number of aromatic nitrogens is 2. The molecule has 0 fully saturated rings. The molecule has 1 aromatic carbocycles. The van der Waals surface area contributed by atoms with Gasteiger partial charge in [-0.15, -0.1) is 0 Å². The quantitative estimate of drug-likeness (QED) is 0.600. The molecule has 0 spiro atoms. The van der Waals surface area contributed by atoms with E-state index in [9.17, 15) is 0 Å². The van der Waals surface area contributed by atoms with Crippen molar-refractivity contribution in [3.8, 4) is 11.5 Å². The second kappa shape index (κ2) is 3.20. The lowest BCUT2D eigenvalue weighted by Crippen LogP contribution is -1.82. The van der Waals surface area contributed by atoms with Crippen LogP contribution in [0, 0.1) is 0 Å². The van der Waals surface area contributed by atoms with Gasteiger partial charge in [0.2, 0.25) is 0 Å². The van der Waals surface area contributed by atoms with Gasteiger partial charge in [0.25, 0.3) is 0 Å². The summed E-state index contributed by atoms with van der Waals surface area (Å²) >= 11 is 0. The molecule has 0 bridgehead atoms. The van der Waals surface area contributed by atoms with Crippen LogP contribution in [0.5, 0.6) is 0 Å².